The Morgan fingerprint density at radius 3 is 2.00 bits per heavy atom. The van der Waals surface area contributed by atoms with Crippen LogP contribution in [0.1, 0.15) is 32.6 Å². The van der Waals surface area contributed by atoms with E-state index in [1.54, 1.807) is 0 Å². The van der Waals surface area contributed by atoms with Crippen molar-refractivity contribution in [1.29, 1.82) is 0 Å². The summed E-state index contributed by atoms with van der Waals surface area (Å²) in [5, 5.41) is 0. The molecule has 0 saturated heterocycles. The van der Waals surface area contributed by atoms with Crippen molar-refractivity contribution in [3.05, 3.63) is 0 Å². The molecule has 0 rings (SSSR count). The van der Waals surface area contributed by atoms with E-state index in [-0.39, 0.29) is 45.8 Å². The fourth-order valence-corrected chi connectivity index (χ4v) is 1.26. The zero-order chi connectivity index (χ0) is 8.04. The van der Waals surface area contributed by atoms with Gasteiger partial charge in [-0.25, -0.2) is 8.42 Å². The van der Waals surface area contributed by atoms with E-state index in [1.165, 1.54) is 0 Å². The molecule has 0 atom stereocenters. The van der Waals surface area contributed by atoms with Crippen LogP contribution in [0.4, 0.5) is 0 Å². The van der Waals surface area contributed by atoms with Gasteiger partial charge in [-0.3, -0.25) is 0 Å². The topological polar surface area (TPSA) is 57.2 Å². The molecular formula is C6H13BrMgO3S. The Labute approximate surface area is 101 Å². The number of hydrogen-bond donors (Lipinski definition) is 0. The summed E-state index contributed by atoms with van der Waals surface area (Å²) >= 11 is 0. The van der Waals surface area contributed by atoms with Gasteiger partial charge in [0, 0.05) is 5.75 Å². The molecule has 0 unspecified atom stereocenters. The molecule has 0 radical (unpaired) electrons. The van der Waals surface area contributed by atoms with Gasteiger partial charge in [0.1, 0.15) is 0 Å². The monoisotopic (exact) mass is 268 g/mol. The Morgan fingerprint density at radius 2 is 1.67 bits per heavy atom. The van der Waals surface area contributed by atoms with E-state index in [4.69, 9.17) is 0 Å². The average Bonchev–Trinajstić information content (AvgIpc) is 1.78. The molecule has 0 aliphatic heterocycles. The maximum absolute atomic E-state index is 10.0. The van der Waals surface area contributed by atoms with Gasteiger partial charge in [-0.05, 0) is 6.42 Å². The molecule has 6 heteroatoms. The van der Waals surface area contributed by atoms with Crippen molar-refractivity contribution in [3.63, 3.8) is 0 Å². The first-order chi connectivity index (χ1) is 4.56. The third-order valence-electron chi connectivity index (χ3n) is 1.25. The summed E-state index contributed by atoms with van der Waals surface area (Å²) < 4.78 is 30.1. The van der Waals surface area contributed by atoms with E-state index in [9.17, 15) is 13.0 Å². The number of halogens is 1. The molecule has 0 N–H and O–H groups in total. The van der Waals surface area contributed by atoms with Crippen LogP contribution in [-0.2, 0) is 10.1 Å². The van der Waals surface area contributed by atoms with Crippen LogP contribution >= 0.6 is 0 Å². The molecule has 0 aromatic carbocycles. The van der Waals surface area contributed by atoms with Crippen molar-refractivity contribution in [3.8, 4) is 0 Å². The van der Waals surface area contributed by atoms with E-state index in [0.29, 0.717) is 6.42 Å². The average molecular weight is 269 g/mol. The minimum absolute atomic E-state index is 0. The molecule has 0 heterocycles. The van der Waals surface area contributed by atoms with Gasteiger partial charge in [-0.1, -0.05) is 26.2 Å². The molecule has 70 valence electrons. The zero-order valence-electron chi connectivity index (χ0n) is 7.25. The van der Waals surface area contributed by atoms with Gasteiger partial charge < -0.3 is 21.5 Å². The van der Waals surface area contributed by atoms with Gasteiger partial charge in [-0.15, -0.1) is 0 Å². The van der Waals surface area contributed by atoms with Crippen molar-refractivity contribution in [1.82, 2.24) is 0 Å². The quantitative estimate of drug-likeness (QED) is 0.321. The van der Waals surface area contributed by atoms with E-state index in [2.05, 4.69) is 0 Å². The van der Waals surface area contributed by atoms with E-state index >= 15 is 0 Å². The summed E-state index contributed by atoms with van der Waals surface area (Å²) in [4.78, 5) is 0. The molecule has 12 heavy (non-hydrogen) atoms. The van der Waals surface area contributed by atoms with Crippen LogP contribution in [0, 0.1) is 0 Å². The van der Waals surface area contributed by atoms with Crippen LogP contribution in [0.25, 0.3) is 0 Å². The van der Waals surface area contributed by atoms with Crippen LogP contribution in [0.2, 0.25) is 0 Å². The number of hydrogen-bond acceptors (Lipinski definition) is 3. The van der Waals surface area contributed by atoms with E-state index < -0.39 is 10.1 Å². The molecule has 0 aromatic heterocycles. The van der Waals surface area contributed by atoms with Crippen LogP contribution in [0.3, 0.4) is 0 Å². The normalized spacial score (nSPS) is 9.83. The van der Waals surface area contributed by atoms with Gasteiger partial charge >= 0.3 is 23.1 Å². The summed E-state index contributed by atoms with van der Waals surface area (Å²) in [6.07, 6.45) is 3.42. The molecule has 0 amide bonds. The second kappa shape index (κ2) is 10.2. The maximum Gasteiger partial charge on any atom is 2.00 e. The summed E-state index contributed by atoms with van der Waals surface area (Å²) in [5.74, 6) is -0.201. The van der Waals surface area contributed by atoms with Gasteiger partial charge in [-0.2, -0.15) is 0 Å². The molecule has 0 aliphatic carbocycles. The summed E-state index contributed by atoms with van der Waals surface area (Å²) in [5.41, 5.74) is 0. The summed E-state index contributed by atoms with van der Waals surface area (Å²) in [6, 6.07) is 0. The Balaban J connectivity index is -0.000000405. The van der Waals surface area contributed by atoms with Gasteiger partial charge in [0.25, 0.3) is 0 Å². The largest absolute Gasteiger partial charge is 2.00 e. The molecule has 3 nitrogen and oxygen atoms in total. The van der Waals surface area contributed by atoms with Crippen LogP contribution < -0.4 is 17.0 Å². The number of unbranched alkanes of at least 4 members (excludes halogenated alkanes) is 3. The van der Waals surface area contributed by atoms with E-state index in [1.807, 2.05) is 6.92 Å². The first kappa shape index (κ1) is 18.8. The van der Waals surface area contributed by atoms with Gasteiger partial charge in [0.05, 0.1) is 10.1 Å². The Hall–Kier alpha value is 1.16. The Morgan fingerprint density at radius 1 is 1.17 bits per heavy atom. The van der Waals surface area contributed by atoms with Gasteiger partial charge in [0.15, 0.2) is 0 Å². The second-order valence-electron chi connectivity index (χ2n) is 2.32. The minimum atomic E-state index is -3.95. The molecule has 0 bridgehead atoms. The van der Waals surface area contributed by atoms with Crippen molar-refractivity contribution < 1.29 is 30.0 Å². The molecule has 0 aromatic rings. The smallest absolute Gasteiger partial charge is 1.00 e. The molecule has 0 spiro atoms. The Bertz CT molecular complexity index is 170. The summed E-state index contributed by atoms with van der Waals surface area (Å²) in [6.45, 7) is 2.03. The van der Waals surface area contributed by atoms with Crippen LogP contribution in [-0.4, -0.2) is 41.8 Å². The molecule has 0 saturated carbocycles. The third-order valence-corrected chi connectivity index (χ3v) is 2.04. The summed E-state index contributed by atoms with van der Waals surface area (Å²) in [7, 11) is -3.95. The predicted molar refractivity (Wildman–Crippen MR) is 44.5 cm³/mol. The second-order valence-corrected chi connectivity index (χ2v) is 3.85. The maximum atomic E-state index is 10.0. The minimum Gasteiger partial charge on any atom is -1.00 e. The SMILES string of the molecule is CCCCCCS(=O)(=O)[O-].[Br-].[Mg+2]. The first-order valence-electron chi connectivity index (χ1n) is 3.50. The van der Waals surface area contributed by atoms with Crippen molar-refractivity contribution in [2.45, 2.75) is 32.6 Å². The fourth-order valence-electron chi connectivity index (χ4n) is 0.706. The van der Waals surface area contributed by atoms with Crippen LogP contribution in [0.5, 0.6) is 0 Å². The van der Waals surface area contributed by atoms with Crippen molar-refractivity contribution in [2.24, 2.45) is 0 Å². The Kier molecular flexibility index (Phi) is 16.1. The fraction of sp³-hybridized carbons (Fsp3) is 1.00. The molecular weight excluding hydrogens is 256 g/mol. The van der Waals surface area contributed by atoms with Crippen molar-refractivity contribution >= 4 is 33.2 Å². The van der Waals surface area contributed by atoms with E-state index in [0.717, 1.165) is 19.3 Å². The third kappa shape index (κ3) is 17.3. The molecule has 0 aliphatic rings. The number of rotatable bonds is 5. The predicted octanol–water partition coefficient (Wildman–Crippen LogP) is -2.26. The standard InChI is InChI=1S/C6H14O3S.BrH.Mg/c1-2-3-4-5-6-10(7,8)9;;/h2-6H2,1H3,(H,7,8,9);1H;/q;;+2/p-2. The van der Waals surface area contributed by atoms with Crippen LogP contribution in [0.15, 0.2) is 0 Å². The van der Waals surface area contributed by atoms with Gasteiger partial charge in [0.2, 0.25) is 0 Å². The van der Waals surface area contributed by atoms with Crippen molar-refractivity contribution in [2.75, 3.05) is 5.75 Å². The first-order valence-corrected chi connectivity index (χ1v) is 5.07. The molecule has 0 fully saturated rings. The zero-order valence-corrected chi connectivity index (χ0v) is 11.1.